The van der Waals surface area contributed by atoms with Gasteiger partial charge in [-0.2, -0.15) is 26.3 Å². The van der Waals surface area contributed by atoms with E-state index in [1.165, 1.54) is 0 Å². The highest BCUT2D eigenvalue weighted by Gasteiger charge is 2.76. The van der Waals surface area contributed by atoms with Gasteiger partial charge in [0, 0.05) is 24.3 Å². The molecule has 0 radical (unpaired) electrons. The van der Waals surface area contributed by atoms with Gasteiger partial charge >= 0.3 is 12.4 Å². The molecule has 1 aliphatic carbocycles. The average Bonchev–Trinajstić information content (AvgIpc) is 3.40. The van der Waals surface area contributed by atoms with Crippen LogP contribution in [0.3, 0.4) is 0 Å². The summed E-state index contributed by atoms with van der Waals surface area (Å²) >= 11 is 0. The fourth-order valence-electron chi connectivity index (χ4n) is 5.83. The minimum atomic E-state index is -5.72. The summed E-state index contributed by atoms with van der Waals surface area (Å²) < 4.78 is 101. The zero-order valence-electron chi connectivity index (χ0n) is 26.8. The zero-order valence-corrected chi connectivity index (χ0v) is 26.8. The largest absolute Gasteiger partial charge is 0.493 e. The number of amides is 2. The fraction of sp³-hybridized carbons (Fsp3) is 0.636. The molecule has 0 saturated carbocycles. The third kappa shape index (κ3) is 7.73. The highest BCUT2D eigenvalue weighted by molar-refractivity contribution is 5.92. The molecule has 0 spiro atoms. The predicted molar refractivity (Wildman–Crippen MR) is 160 cm³/mol. The van der Waals surface area contributed by atoms with E-state index in [0.717, 1.165) is 18.9 Å². The summed E-state index contributed by atoms with van der Waals surface area (Å²) in [7, 11) is 0. The summed E-state index contributed by atoms with van der Waals surface area (Å²) in [6, 6.07) is 0.935. The molecular weight excluding hydrogens is 618 g/mol. The van der Waals surface area contributed by atoms with Crippen molar-refractivity contribution in [1.82, 2.24) is 10.6 Å². The van der Waals surface area contributed by atoms with Crippen LogP contribution in [0, 0.1) is 0 Å². The Morgan fingerprint density at radius 3 is 2.30 bits per heavy atom. The maximum atomic E-state index is 14.1. The summed E-state index contributed by atoms with van der Waals surface area (Å²) in [5, 5.41) is 5.39. The van der Waals surface area contributed by atoms with E-state index in [-0.39, 0.29) is 61.0 Å². The highest BCUT2D eigenvalue weighted by Crippen LogP contribution is 2.58. The normalized spacial score (nSPS) is 18.8. The molecule has 13 heteroatoms. The van der Waals surface area contributed by atoms with Crippen LogP contribution >= 0.6 is 0 Å². The molecule has 0 aromatic heterocycles. The molecule has 1 aromatic carbocycles. The first kappa shape index (κ1) is 37.4. The third-order valence-corrected chi connectivity index (χ3v) is 8.33. The molecule has 1 aliphatic heterocycles. The lowest BCUT2D eigenvalue weighted by Crippen LogP contribution is -2.56. The molecule has 7 nitrogen and oxygen atoms in total. The fourth-order valence-corrected chi connectivity index (χ4v) is 5.83. The van der Waals surface area contributed by atoms with Crippen molar-refractivity contribution in [2.75, 3.05) is 19.8 Å². The van der Waals surface area contributed by atoms with E-state index in [0.29, 0.717) is 37.9 Å². The second kappa shape index (κ2) is 15.7. The molecule has 2 N–H and O–H groups in total. The lowest BCUT2D eigenvalue weighted by atomic mass is 9.84. The Labute approximate surface area is 266 Å². The van der Waals surface area contributed by atoms with E-state index in [2.05, 4.69) is 22.3 Å². The topological polar surface area (TPSA) is 85.9 Å². The Morgan fingerprint density at radius 1 is 1.04 bits per heavy atom. The van der Waals surface area contributed by atoms with E-state index < -0.39 is 41.6 Å². The van der Waals surface area contributed by atoms with Gasteiger partial charge in [0.25, 0.3) is 5.60 Å². The summed E-state index contributed by atoms with van der Waals surface area (Å²) in [6.07, 6.45) is -1.54. The van der Waals surface area contributed by atoms with Gasteiger partial charge in [-0.05, 0) is 61.8 Å². The Hall–Kier alpha value is -3.06. The van der Waals surface area contributed by atoms with Crippen LogP contribution in [-0.2, 0) is 44.1 Å². The van der Waals surface area contributed by atoms with E-state index >= 15 is 0 Å². The average molecular weight is 663 g/mol. The SMILES string of the molecule is CCCCOC1C=CC(C(C)(NC=O)C(=O)NCCCOc2c(CCC)cc3c(c2CCC)COC3(C(F)(F)F)C(F)(F)F)=CC1. The van der Waals surface area contributed by atoms with E-state index in [9.17, 15) is 35.9 Å². The van der Waals surface area contributed by atoms with Crippen molar-refractivity contribution in [2.45, 2.75) is 115 Å². The Kier molecular flexibility index (Phi) is 12.8. The first-order chi connectivity index (χ1) is 21.7. The van der Waals surface area contributed by atoms with E-state index in [1.54, 1.807) is 26.8 Å². The molecule has 1 aromatic rings. The predicted octanol–water partition coefficient (Wildman–Crippen LogP) is 6.90. The van der Waals surface area contributed by atoms with Gasteiger partial charge in [-0.1, -0.05) is 58.3 Å². The Balaban J connectivity index is 1.74. The van der Waals surface area contributed by atoms with Crippen molar-refractivity contribution >= 4 is 12.3 Å². The van der Waals surface area contributed by atoms with Gasteiger partial charge in [0.1, 0.15) is 11.3 Å². The summed E-state index contributed by atoms with van der Waals surface area (Å²) in [6.45, 7) is 7.15. The number of unbranched alkanes of at least 4 members (excludes halogenated alkanes) is 1. The number of hydrogen-bond donors (Lipinski definition) is 2. The van der Waals surface area contributed by atoms with Crippen molar-refractivity contribution < 1.29 is 50.1 Å². The van der Waals surface area contributed by atoms with Gasteiger partial charge < -0.3 is 24.8 Å². The van der Waals surface area contributed by atoms with E-state index in [1.807, 2.05) is 12.2 Å². The molecule has 1 heterocycles. The van der Waals surface area contributed by atoms with Gasteiger partial charge in [-0.15, -0.1) is 0 Å². The second-order valence-corrected chi connectivity index (χ2v) is 11.7. The first-order valence-corrected chi connectivity index (χ1v) is 15.8. The van der Waals surface area contributed by atoms with Gasteiger partial charge in [-0.25, -0.2) is 0 Å². The molecule has 0 bridgehead atoms. The van der Waals surface area contributed by atoms with Gasteiger partial charge in [-0.3, -0.25) is 9.59 Å². The summed E-state index contributed by atoms with van der Waals surface area (Å²) in [5.74, 6) is -0.192. The van der Waals surface area contributed by atoms with Gasteiger partial charge in [0.2, 0.25) is 12.3 Å². The molecule has 0 fully saturated rings. The third-order valence-electron chi connectivity index (χ3n) is 8.33. The number of benzene rings is 1. The Bertz CT molecular complexity index is 1260. The molecule has 2 aliphatic rings. The molecule has 46 heavy (non-hydrogen) atoms. The maximum absolute atomic E-state index is 14.1. The molecule has 258 valence electrons. The number of rotatable bonds is 17. The van der Waals surface area contributed by atoms with Crippen molar-refractivity contribution in [2.24, 2.45) is 0 Å². The number of nitrogens with one attached hydrogen (secondary N) is 2. The van der Waals surface area contributed by atoms with Crippen LogP contribution in [0.4, 0.5) is 26.3 Å². The van der Waals surface area contributed by atoms with E-state index in [4.69, 9.17) is 9.47 Å². The van der Waals surface area contributed by atoms with Crippen LogP contribution in [0.5, 0.6) is 5.75 Å². The Morgan fingerprint density at radius 2 is 1.74 bits per heavy atom. The van der Waals surface area contributed by atoms with Crippen LogP contribution in [0.25, 0.3) is 0 Å². The maximum Gasteiger partial charge on any atom is 0.430 e. The molecule has 3 rings (SSSR count). The van der Waals surface area contributed by atoms with Crippen molar-refractivity contribution in [3.63, 3.8) is 0 Å². The highest BCUT2D eigenvalue weighted by atomic mass is 19.4. The van der Waals surface area contributed by atoms with Crippen LogP contribution in [0.1, 0.15) is 88.5 Å². The lowest BCUT2D eigenvalue weighted by Gasteiger charge is -2.34. The second-order valence-electron chi connectivity index (χ2n) is 11.7. The standard InChI is InChI=1S/C33H44F6N2O5/c1-5-8-17-44-24-14-12-23(13-15-24)30(4,41-21-42)29(43)40-16-9-18-45-28-22(10-6-2)19-27-26(25(28)11-7-3)20-46-31(27,32(34,35)36)33(37,38)39/h12-14,19,21,24H,5-11,15-18,20H2,1-4H3,(H,40,43)(H,41,42). The number of aryl methyl sites for hydroxylation is 1. The molecule has 2 atom stereocenters. The number of carbonyl (C=O) groups excluding carboxylic acids is 2. The number of halogens is 6. The van der Waals surface area contributed by atoms with Gasteiger partial charge in [0.15, 0.2) is 0 Å². The van der Waals surface area contributed by atoms with Crippen molar-refractivity contribution in [1.29, 1.82) is 0 Å². The van der Waals surface area contributed by atoms with Crippen molar-refractivity contribution in [3.8, 4) is 5.75 Å². The molecule has 2 amide bonds. The van der Waals surface area contributed by atoms with Crippen LogP contribution < -0.4 is 15.4 Å². The van der Waals surface area contributed by atoms with Crippen LogP contribution in [0.15, 0.2) is 29.9 Å². The summed E-state index contributed by atoms with van der Waals surface area (Å²) in [5.41, 5.74) is -5.71. The molecule has 2 unspecified atom stereocenters. The monoisotopic (exact) mass is 662 g/mol. The van der Waals surface area contributed by atoms with Crippen LogP contribution in [0.2, 0.25) is 0 Å². The lowest BCUT2D eigenvalue weighted by molar-refractivity contribution is -0.385. The smallest absolute Gasteiger partial charge is 0.430 e. The van der Waals surface area contributed by atoms with Crippen molar-refractivity contribution in [3.05, 3.63) is 52.1 Å². The molecular formula is C33H44F6N2O5. The minimum absolute atomic E-state index is 0.0360. The number of carbonyl (C=O) groups is 2. The zero-order chi connectivity index (χ0) is 34.2. The first-order valence-electron chi connectivity index (χ1n) is 15.8. The minimum Gasteiger partial charge on any atom is -0.493 e. The van der Waals surface area contributed by atoms with Gasteiger partial charge in [0.05, 0.1) is 19.3 Å². The number of fused-ring (bicyclic) bond motifs is 1. The number of ether oxygens (including phenoxy) is 3. The quantitative estimate of drug-likeness (QED) is 0.108. The number of alkyl halides is 6. The number of hydrogen-bond acceptors (Lipinski definition) is 5. The summed E-state index contributed by atoms with van der Waals surface area (Å²) in [4.78, 5) is 24.7. The molecule has 0 saturated heterocycles. The van der Waals surface area contributed by atoms with Crippen LogP contribution in [-0.4, -0.2) is 56.1 Å².